The average Bonchev–Trinajstić information content (AvgIpc) is 3.23. The van der Waals surface area contributed by atoms with Crippen molar-refractivity contribution in [1.29, 1.82) is 0 Å². The smallest absolute Gasteiger partial charge is 0.336 e. The van der Waals surface area contributed by atoms with Crippen molar-refractivity contribution in [2.45, 2.75) is 45.4 Å². The Labute approximate surface area is 193 Å². The lowest BCUT2D eigenvalue weighted by Gasteiger charge is -2.35. The van der Waals surface area contributed by atoms with Gasteiger partial charge in [0.2, 0.25) is 0 Å². The van der Waals surface area contributed by atoms with Crippen LogP contribution in [0.4, 0.5) is 0 Å². The van der Waals surface area contributed by atoms with Crippen LogP contribution in [0.25, 0.3) is 0 Å². The number of ether oxygens (including phenoxy) is 3. The molecule has 1 aliphatic carbocycles. The summed E-state index contributed by atoms with van der Waals surface area (Å²) in [5.74, 6) is 1.49. The van der Waals surface area contributed by atoms with Gasteiger partial charge in [0, 0.05) is 23.4 Å². The average molecular weight is 452 g/mol. The summed E-state index contributed by atoms with van der Waals surface area (Å²) in [7, 11) is 2.95. The fraction of sp³-hybridized carbons (Fsp3) is 0.385. The Morgan fingerprint density at radius 1 is 1.12 bits per heavy atom. The lowest BCUT2D eigenvalue weighted by Crippen LogP contribution is -2.35. The molecule has 0 spiro atoms. The van der Waals surface area contributed by atoms with Crippen LogP contribution in [0.2, 0.25) is 0 Å². The number of esters is 1. The zero-order valence-electron chi connectivity index (χ0n) is 19.6. The standard InChI is InChI=1S/C26H29NO6/c1-6-32-20-10-8-16(13-22(20)30-4)17-11-18-24(19(28)12-17)25(21-9-7-14(2)33-21)23(15(3)27-18)26(29)31-5/h7-10,13,17,25,27H,6,11-12H2,1-5H3/t17-,25-/m0/s1. The molecule has 2 aromatic rings. The number of Topliss-reactive ketones (excluding diaryl/α,β-unsaturated/α-hetero) is 1. The van der Waals surface area contributed by atoms with Gasteiger partial charge in [0.25, 0.3) is 0 Å². The normalized spacial score (nSPS) is 20.3. The third-order valence-corrected chi connectivity index (χ3v) is 6.24. The molecule has 2 heterocycles. The van der Waals surface area contributed by atoms with E-state index in [-0.39, 0.29) is 11.7 Å². The van der Waals surface area contributed by atoms with Gasteiger partial charge in [-0.3, -0.25) is 4.79 Å². The van der Waals surface area contributed by atoms with Crippen LogP contribution in [0.3, 0.4) is 0 Å². The minimum Gasteiger partial charge on any atom is -0.493 e. The summed E-state index contributed by atoms with van der Waals surface area (Å²) >= 11 is 0. The molecule has 0 unspecified atom stereocenters. The number of carbonyl (C=O) groups is 2. The van der Waals surface area contributed by atoms with Gasteiger partial charge in [-0.1, -0.05) is 6.07 Å². The van der Waals surface area contributed by atoms with Crippen LogP contribution in [0.15, 0.2) is 57.3 Å². The highest BCUT2D eigenvalue weighted by molar-refractivity contribution is 6.04. The van der Waals surface area contributed by atoms with E-state index in [0.29, 0.717) is 53.6 Å². The molecule has 1 N–H and O–H groups in total. The van der Waals surface area contributed by atoms with Gasteiger partial charge in [0.1, 0.15) is 11.5 Å². The minimum absolute atomic E-state index is 0.0189. The van der Waals surface area contributed by atoms with Crippen molar-refractivity contribution < 1.29 is 28.2 Å². The van der Waals surface area contributed by atoms with E-state index in [1.165, 1.54) is 7.11 Å². The Bertz CT molecular complexity index is 1160. The van der Waals surface area contributed by atoms with Gasteiger partial charge in [-0.05, 0) is 62.9 Å². The zero-order valence-corrected chi connectivity index (χ0v) is 19.6. The summed E-state index contributed by atoms with van der Waals surface area (Å²) in [6.45, 7) is 6.13. The van der Waals surface area contributed by atoms with E-state index < -0.39 is 11.9 Å². The van der Waals surface area contributed by atoms with Crippen LogP contribution in [0, 0.1) is 6.92 Å². The number of methoxy groups -OCH3 is 2. The highest BCUT2D eigenvalue weighted by Gasteiger charge is 2.42. The van der Waals surface area contributed by atoms with Crippen molar-refractivity contribution in [3.63, 3.8) is 0 Å². The third kappa shape index (κ3) is 4.15. The summed E-state index contributed by atoms with van der Waals surface area (Å²) in [5, 5.41) is 3.32. The molecule has 0 amide bonds. The molecule has 0 fully saturated rings. The van der Waals surface area contributed by atoms with Gasteiger partial charge in [-0.15, -0.1) is 0 Å². The first kappa shape index (κ1) is 22.7. The van der Waals surface area contributed by atoms with E-state index in [2.05, 4.69) is 5.32 Å². The van der Waals surface area contributed by atoms with E-state index in [4.69, 9.17) is 18.6 Å². The maximum Gasteiger partial charge on any atom is 0.336 e. The molecule has 7 nitrogen and oxygen atoms in total. The van der Waals surface area contributed by atoms with Crippen LogP contribution in [0.5, 0.6) is 11.5 Å². The summed E-state index contributed by atoms with van der Waals surface area (Å²) < 4.78 is 22.1. The maximum atomic E-state index is 13.5. The molecular weight excluding hydrogens is 422 g/mol. The molecule has 1 aromatic heterocycles. The molecule has 1 aliphatic heterocycles. The number of allylic oxidation sites excluding steroid dienone is 3. The number of aryl methyl sites for hydroxylation is 1. The number of dihydropyridines is 1. The lowest BCUT2D eigenvalue weighted by atomic mass is 9.73. The van der Waals surface area contributed by atoms with E-state index in [1.54, 1.807) is 7.11 Å². The fourth-order valence-corrected chi connectivity index (χ4v) is 4.76. The molecule has 4 rings (SSSR count). The van der Waals surface area contributed by atoms with Crippen molar-refractivity contribution in [1.82, 2.24) is 5.32 Å². The number of nitrogens with one attached hydrogen (secondary N) is 1. The molecule has 33 heavy (non-hydrogen) atoms. The Hall–Kier alpha value is -3.48. The van der Waals surface area contributed by atoms with Gasteiger partial charge >= 0.3 is 5.97 Å². The highest BCUT2D eigenvalue weighted by atomic mass is 16.5. The Kier molecular flexibility index (Phi) is 6.31. The number of hydrogen-bond donors (Lipinski definition) is 1. The second-order valence-electron chi connectivity index (χ2n) is 8.30. The lowest BCUT2D eigenvalue weighted by molar-refractivity contribution is -0.136. The van der Waals surface area contributed by atoms with Crippen molar-refractivity contribution in [2.75, 3.05) is 20.8 Å². The van der Waals surface area contributed by atoms with E-state index in [1.807, 2.05) is 51.1 Å². The van der Waals surface area contributed by atoms with E-state index in [9.17, 15) is 9.59 Å². The minimum atomic E-state index is -0.592. The summed E-state index contributed by atoms with van der Waals surface area (Å²) in [6.07, 6.45) is 0.946. The monoisotopic (exact) mass is 451 g/mol. The predicted molar refractivity (Wildman–Crippen MR) is 122 cm³/mol. The topological polar surface area (TPSA) is 87.0 Å². The Morgan fingerprint density at radius 2 is 1.91 bits per heavy atom. The van der Waals surface area contributed by atoms with Crippen molar-refractivity contribution in [3.05, 3.63) is 70.0 Å². The van der Waals surface area contributed by atoms with Crippen LogP contribution < -0.4 is 14.8 Å². The van der Waals surface area contributed by atoms with Crippen molar-refractivity contribution in [2.24, 2.45) is 0 Å². The van der Waals surface area contributed by atoms with Crippen molar-refractivity contribution >= 4 is 11.8 Å². The van der Waals surface area contributed by atoms with E-state index >= 15 is 0 Å². The SMILES string of the molecule is CCOc1ccc([C@@H]2CC(=O)C3=C(C2)NC(C)=C(C(=O)OC)[C@@H]3c2ccc(C)o2)cc1OC. The molecular formula is C26H29NO6. The third-order valence-electron chi connectivity index (χ3n) is 6.24. The van der Waals surface area contributed by atoms with Crippen LogP contribution >= 0.6 is 0 Å². The summed E-state index contributed by atoms with van der Waals surface area (Å²) in [5.41, 5.74) is 3.46. The number of carbonyl (C=O) groups excluding carboxylic acids is 2. The number of benzene rings is 1. The highest BCUT2D eigenvalue weighted by Crippen LogP contribution is 2.46. The quantitative estimate of drug-likeness (QED) is 0.646. The van der Waals surface area contributed by atoms with Crippen LogP contribution in [-0.2, 0) is 14.3 Å². The molecule has 0 bridgehead atoms. The molecule has 1 aromatic carbocycles. The zero-order chi connectivity index (χ0) is 23.7. The predicted octanol–water partition coefficient (Wildman–Crippen LogP) is 4.53. The molecule has 2 atom stereocenters. The van der Waals surface area contributed by atoms with Gasteiger partial charge in [-0.25, -0.2) is 4.79 Å². The molecule has 0 radical (unpaired) electrons. The Morgan fingerprint density at radius 3 is 2.55 bits per heavy atom. The molecule has 0 saturated heterocycles. The molecule has 7 heteroatoms. The first-order valence-electron chi connectivity index (χ1n) is 11.1. The second-order valence-corrected chi connectivity index (χ2v) is 8.30. The molecule has 174 valence electrons. The van der Waals surface area contributed by atoms with Crippen molar-refractivity contribution in [3.8, 4) is 11.5 Å². The van der Waals surface area contributed by atoms with Gasteiger partial charge in [-0.2, -0.15) is 0 Å². The van der Waals surface area contributed by atoms with Crippen LogP contribution in [-0.4, -0.2) is 32.6 Å². The second kappa shape index (κ2) is 9.17. The number of rotatable bonds is 6. The number of ketones is 1. The Balaban J connectivity index is 1.74. The summed E-state index contributed by atoms with van der Waals surface area (Å²) in [6, 6.07) is 9.46. The first-order chi connectivity index (χ1) is 15.9. The number of hydrogen-bond acceptors (Lipinski definition) is 7. The maximum absolute atomic E-state index is 13.5. The summed E-state index contributed by atoms with van der Waals surface area (Å²) in [4.78, 5) is 26.2. The van der Waals surface area contributed by atoms with Gasteiger partial charge in [0.15, 0.2) is 17.3 Å². The van der Waals surface area contributed by atoms with Gasteiger partial charge < -0.3 is 23.9 Å². The number of furan rings is 1. The molecule has 2 aliphatic rings. The first-order valence-corrected chi connectivity index (χ1v) is 11.1. The van der Waals surface area contributed by atoms with Crippen LogP contribution in [0.1, 0.15) is 55.6 Å². The largest absolute Gasteiger partial charge is 0.493 e. The van der Waals surface area contributed by atoms with E-state index in [0.717, 1.165) is 17.0 Å². The van der Waals surface area contributed by atoms with Gasteiger partial charge in [0.05, 0.1) is 32.3 Å². The fourth-order valence-electron chi connectivity index (χ4n) is 4.76. The molecule has 0 saturated carbocycles.